The van der Waals surface area contributed by atoms with Crippen molar-refractivity contribution < 1.29 is 4.79 Å². The third kappa shape index (κ3) is 3.67. The summed E-state index contributed by atoms with van der Waals surface area (Å²) in [5, 5.41) is 15.8. The van der Waals surface area contributed by atoms with Crippen molar-refractivity contribution in [2.45, 2.75) is 52.4 Å². The van der Waals surface area contributed by atoms with Crippen LogP contribution >= 0.6 is 0 Å². The molecule has 1 atom stereocenters. The van der Waals surface area contributed by atoms with Crippen molar-refractivity contribution in [1.29, 1.82) is 0 Å². The van der Waals surface area contributed by atoms with Crippen molar-refractivity contribution >= 4 is 23.5 Å². The van der Waals surface area contributed by atoms with Crippen LogP contribution in [0, 0.1) is 5.92 Å². The fraction of sp³-hybridized carbons (Fsp3) is 0.360. The summed E-state index contributed by atoms with van der Waals surface area (Å²) < 4.78 is 0. The molecule has 31 heavy (non-hydrogen) atoms. The van der Waals surface area contributed by atoms with E-state index in [1.165, 1.54) is 22.3 Å². The molecule has 0 saturated heterocycles. The number of aromatic amines is 1. The van der Waals surface area contributed by atoms with Gasteiger partial charge in [-0.2, -0.15) is 5.21 Å². The Balaban J connectivity index is 1.57. The molecule has 4 rings (SSSR count). The molecule has 3 aromatic rings. The molecule has 6 nitrogen and oxygen atoms in total. The molecule has 0 radical (unpaired) electrons. The average Bonchev–Trinajstić information content (AvgIpc) is 3.29. The summed E-state index contributed by atoms with van der Waals surface area (Å²) in [6.45, 7) is 13.9. The SMILES string of the molecule is C/C(=C\c1ccc(C(=O)Nc2nn[nH]n2)cc1)c1ccc2c(c1)C(C)(C)C(C)C2(C)C. The van der Waals surface area contributed by atoms with E-state index >= 15 is 0 Å². The zero-order valence-electron chi connectivity index (χ0n) is 18.9. The topological polar surface area (TPSA) is 83.6 Å². The standard InChI is InChI=1S/C25H29N5O/c1-15(19-11-12-20-21(14-19)25(5,6)16(2)24(20,3)4)13-17-7-9-18(10-8-17)22(31)26-23-27-29-30-28-23/h7-14,16H,1-6H3,(H2,26,27,28,29,30,31)/b15-13+. The van der Waals surface area contributed by atoms with Crippen LogP contribution in [-0.4, -0.2) is 26.5 Å². The maximum absolute atomic E-state index is 12.3. The highest BCUT2D eigenvalue weighted by Crippen LogP contribution is 2.53. The van der Waals surface area contributed by atoms with Gasteiger partial charge in [0.25, 0.3) is 11.9 Å². The minimum atomic E-state index is -0.272. The first-order chi connectivity index (χ1) is 14.6. The van der Waals surface area contributed by atoms with Crippen molar-refractivity contribution in [3.05, 3.63) is 70.3 Å². The first kappa shape index (κ1) is 21.0. The van der Waals surface area contributed by atoms with Crippen LogP contribution in [0.4, 0.5) is 5.95 Å². The molecule has 0 saturated carbocycles. The lowest BCUT2D eigenvalue weighted by molar-refractivity contribution is 0.102. The second-order valence-corrected chi connectivity index (χ2v) is 9.56. The van der Waals surface area contributed by atoms with Crippen LogP contribution in [-0.2, 0) is 10.8 Å². The van der Waals surface area contributed by atoms with E-state index in [0.29, 0.717) is 11.5 Å². The lowest BCUT2D eigenvalue weighted by Crippen LogP contribution is -2.30. The third-order valence-corrected chi connectivity index (χ3v) is 7.16. The largest absolute Gasteiger partial charge is 0.288 e. The number of anilines is 1. The highest BCUT2D eigenvalue weighted by molar-refractivity contribution is 6.03. The van der Waals surface area contributed by atoms with E-state index in [4.69, 9.17) is 0 Å². The Morgan fingerprint density at radius 2 is 1.65 bits per heavy atom. The number of carbonyl (C=O) groups is 1. The summed E-state index contributed by atoms with van der Waals surface area (Å²) in [5.41, 5.74) is 7.23. The first-order valence-electron chi connectivity index (χ1n) is 10.6. The number of hydrogen-bond donors (Lipinski definition) is 2. The van der Waals surface area contributed by atoms with Crippen LogP contribution in [0.2, 0.25) is 0 Å². The van der Waals surface area contributed by atoms with Gasteiger partial charge in [-0.05, 0) is 68.8 Å². The fourth-order valence-electron chi connectivity index (χ4n) is 4.71. The maximum Gasteiger partial charge on any atom is 0.270 e. The summed E-state index contributed by atoms with van der Waals surface area (Å²) in [6.07, 6.45) is 2.15. The Morgan fingerprint density at radius 3 is 2.29 bits per heavy atom. The molecule has 0 fully saturated rings. The smallest absolute Gasteiger partial charge is 0.270 e. The predicted octanol–water partition coefficient (Wildman–Crippen LogP) is 5.22. The van der Waals surface area contributed by atoms with Crippen LogP contribution in [0.1, 0.15) is 74.2 Å². The maximum atomic E-state index is 12.3. The van der Waals surface area contributed by atoms with Crippen molar-refractivity contribution in [1.82, 2.24) is 20.6 Å². The molecule has 1 amide bonds. The monoisotopic (exact) mass is 415 g/mol. The summed E-state index contributed by atoms with van der Waals surface area (Å²) in [6, 6.07) is 14.4. The molecule has 1 heterocycles. The summed E-state index contributed by atoms with van der Waals surface area (Å²) >= 11 is 0. The number of carbonyl (C=O) groups excluding carboxylic acids is 1. The molecule has 0 bridgehead atoms. The first-order valence-corrected chi connectivity index (χ1v) is 10.6. The second kappa shape index (κ2) is 7.45. The van der Waals surface area contributed by atoms with Gasteiger partial charge in [-0.3, -0.25) is 10.1 Å². The van der Waals surface area contributed by atoms with Crippen LogP contribution < -0.4 is 5.32 Å². The highest BCUT2D eigenvalue weighted by Gasteiger charge is 2.48. The minimum Gasteiger partial charge on any atom is -0.288 e. The molecule has 1 aliphatic rings. The molecule has 1 aliphatic carbocycles. The number of fused-ring (bicyclic) bond motifs is 1. The third-order valence-electron chi connectivity index (χ3n) is 7.16. The zero-order chi connectivity index (χ0) is 22.4. The minimum absolute atomic E-state index is 0.142. The van der Waals surface area contributed by atoms with Crippen LogP contribution in [0.15, 0.2) is 42.5 Å². The van der Waals surface area contributed by atoms with Crippen molar-refractivity contribution in [2.75, 3.05) is 5.32 Å². The van der Waals surface area contributed by atoms with E-state index < -0.39 is 0 Å². The number of tetrazole rings is 1. The number of amides is 1. The van der Waals surface area contributed by atoms with Gasteiger partial charge in [0.05, 0.1) is 0 Å². The number of nitrogens with zero attached hydrogens (tertiary/aromatic N) is 3. The van der Waals surface area contributed by atoms with Crippen LogP contribution in [0.25, 0.3) is 11.6 Å². The molecule has 1 aromatic heterocycles. The number of allylic oxidation sites excluding steroid dienone is 1. The quantitative estimate of drug-likeness (QED) is 0.573. The summed E-state index contributed by atoms with van der Waals surface area (Å²) in [7, 11) is 0. The summed E-state index contributed by atoms with van der Waals surface area (Å²) in [5.74, 6) is 0.453. The Hall–Kier alpha value is -3.28. The molecular formula is C25H29N5O. The Morgan fingerprint density at radius 1 is 1.00 bits per heavy atom. The predicted molar refractivity (Wildman–Crippen MR) is 124 cm³/mol. The molecule has 2 N–H and O–H groups in total. The number of H-pyrrole nitrogens is 1. The number of nitrogens with one attached hydrogen (secondary N) is 2. The van der Waals surface area contributed by atoms with Gasteiger partial charge in [0.15, 0.2) is 0 Å². The average molecular weight is 416 g/mol. The lowest BCUT2D eigenvalue weighted by Gasteiger charge is -2.32. The van der Waals surface area contributed by atoms with E-state index in [-0.39, 0.29) is 22.7 Å². The fourth-order valence-corrected chi connectivity index (χ4v) is 4.71. The Bertz CT molecular complexity index is 1140. The number of hydrogen-bond acceptors (Lipinski definition) is 4. The van der Waals surface area contributed by atoms with Gasteiger partial charge >= 0.3 is 0 Å². The van der Waals surface area contributed by atoms with E-state index in [0.717, 1.165) is 5.56 Å². The van der Waals surface area contributed by atoms with E-state index in [1.54, 1.807) is 12.1 Å². The van der Waals surface area contributed by atoms with Gasteiger partial charge in [0.1, 0.15) is 0 Å². The van der Waals surface area contributed by atoms with Gasteiger partial charge < -0.3 is 0 Å². The van der Waals surface area contributed by atoms with Crippen molar-refractivity contribution in [3.63, 3.8) is 0 Å². The van der Waals surface area contributed by atoms with E-state index in [9.17, 15) is 4.79 Å². The molecule has 2 aromatic carbocycles. The second-order valence-electron chi connectivity index (χ2n) is 9.56. The van der Waals surface area contributed by atoms with Gasteiger partial charge in [0, 0.05) is 5.56 Å². The molecule has 6 heteroatoms. The van der Waals surface area contributed by atoms with Crippen LogP contribution in [0.5, 0.6) is 0 Å². The van der Waals surface area contributed by atoms with Gasteiger partial charge in [-0.1, -0.05) is 76.1 Å². The Labute approximate surface area is 183 Å². The molecular weight excluding hydrogens is 386 g/mol. The number of rotatable bonds is 4. The van der Waals surface area contributed by atoms with Gasteiger partial charge in [0.2, 0.25) is 0 Å². The van der Waals surface area contributed by atoms with E-state index in [1.807, 2.05) is 12.1 Å². The van der Waals surface area contributed by atoms with Crippen molar-refractivity contribution in [2.24, 2.45) is 5.92 Å². The normalized spacial score (nSPS) is 19.2. The summed E-state index contributed by atoms with van der Waals surface area (Å²) in [4.78, 5) is 12.3. The molecule has 0 aliphatic heterocycles. The molecule has 1 unspecified atom stereocenters. The number of aromatic nitrogens is 4. The lowest BCUT2D eigenvalue weighted by atomic mass is 9.71. The van der Waals surface area contributed by atoms with Gasteiger partial charge in [-0.15, -0.1) is 5.10 Å². The molecule has 0 spiro atoms. The number of benzene rings is 2. The van der Waals surface area contributed by atoms with Crippen LogP contribution in [0.3, 0.4) is 0 Å². The van der Waals surface area contributed by atoms with Gasteiger partial charge in [-0.25, -0.2) is 0 Å². The van der Waals surface area contributed by atoms with Crippen molar-refractivity contribution in [3.8, 4) is 0 Å². The Kier molecular flexibility index (Phi) is 5.04. The zero-order valence-corrected chi connectivity index (χ0v) is 18.9. The van der Waals surface area contributed by atoms with E-state index in [2.05, 4.69) is 91.8 Å². The molecule has 160 valence electrons. The highest BCUT2D eigenvalue weighted by atomic mass is 16.1.